The van der Waals surface area contributed by atoms with Gasteiger partial charge in [0.25, 0.3) is 5.91 Å². The SMILES string of the molecule is CCCC[C@@H](CC)CNC(=O)c1ccc(CN(c2cccc(OC)c2)S(C)(=O)=O)cc1. The zero-order chi connectivity index (χ0) is 22.9. The summed E-state index contributed by atoms with van der Waals surface area (Å²) in [5.41, 5.74) is 1.89. The number of ether oxygens (including phenoxy) is 1. The maximum absolute atomic E-state index is 12.5. The maximum Gasteiger partial charge on any atom is 0.251 e. The van der Waals surface area contributed by atoms with Crippen molar-refractivity contribution in [3.05, 3.63) is 59.7 Å². The molecule has 0 aliphatic heterocycles. The molecule has 0 fully saturated rings. The van der Waals surface area contributed by atoms with Gasteiger partial charge >= 0.3 is 0 Å². The predicted octanol–water partition coefficient (Wildman–Crippen LogP) is 4.61. The fourth-order valence-corrected chi connectivity index (χ4v) is 4.26. The lowest BCUT2D eigenvalue weighted by Gasteiger charge is -2.23. The average molecular weight is 447 g/mol. The molecule has 0 aliphatic rings. The number of carbonyl (C=O) groups excluding carboxylic acids is 1. The van der Waals surface area contributed by atoms with Gasteiger partial charge in [0.1, 0.15) is 5.75 Å². The molecule has 6 nitrogen and oxygen atoms in total. The highest BCUT2D eigenvalue weighted by atomic mass is 32.2. The van der Waals surface area contributed by atoms with E-state index in [-0.39, 0.29) is 12.5 Å². The van der Waals surface area contributed by atoms with Gasteiger partial charge in [-0.3, -0.25) is 9.10 Å². The number of nitrogens with one attached hydrogen (secondary N) is 1. The van der Waals surface area contributed by atoms with Crippen molar-refractivity contribution in [2.24, 2.45) is 5.92 Å². The number of unbranched alkanes of at least 4 members (excludes halogenated alkanes) is 1. The molecule has 0 aromatic heterocycles. The van der Waals surface area contributed by atoms with Crippen LogP contribution in [0.1, 0.15) is 55.5 Å². The van der Waals surface area contributed by atoms with Crippen LogP contribution in [0.5, 0.6) is 5.75 Å². The summed E-state index contributed by atoms with van der Waals surface area (Å²) < 4.78 is 31.3. The van der Waals surface area contributed by atoms with Crippen LogP contribution >= 0.6 is 0 Å². The molecule has 1 atom stereocenters. The van der Waals surface area contributed by atoms with Crippen molar-refractivity contribution in [3.8, 4) is 5.75 Å². The Bertz CT molecular complexity index is 942. The molecule has 2 aromatic carbocycles. The number of rotatable bonds is 12. The van der Waals surface area contributed by atoms with Crippen LogP contribution in [0, 0.1) is 5.92 Å². The van der Waals surface area contributed by atoms with Crippen LogP contribution in [-0.2, 0) is 16.6 Å². The van der Waals surface area contributed by atoms with Crippen molar-refractivity contribution in [1.82, 2.24) is 5.32 Å². The molecule has 2 rings (SSSR count). The van der Waals surface area contributed by atoms with Gasteiger partial charge in [-0.2, -0.15) is 0 Å². The van der Waals surface area contributed by atoms with Crippen LogP contribution in [0.4, 0.5) is 5.69 Å². The van der Waals surface area contributed by atoms with Gasteiger partial charge in [0.15, 0.2) is 0 Å². The summed E-state index contributed by atoms with van der Waals surface area (Å²) in [5, 5.41) is 3.02. The first-order valence-electron chi connectivity index (χ1n) is 10.8. The summed E-state index contributed by atoms with van der Waals surface area (Å²) in [7, 11) is -1.96. The number of benzene rings is 2. The Morgan fingerprint density at radius 2 is 1.84 bits per heavy atom. The van der Waals surface area contributed by atoms with Gasteiger partial charge in [-0.1, -0.05) is 51.3 Å². The van der Waals surface area contributed by atoms with Gasteiger partial charge in [0.2, 0.25) is 10.0 Å². The highest BCUT2D eigenvalue weighted by molar-refractivity contribution is 7.92. The first kappa shape index (κ1) is 24.7. The second-order valence-corrected chi connectivity index (χ2v) is 9.70. The molecule has 7 heteroatoms. The lowest BCUT2D eigenvalue weighted by Crippen LogP contribution is -2.30. The molecule has 1 N–H and O–H groups in total. The van der Waals surface area contributed by atoms with E-state index in [0.29, 0.717) is 29.5 Å². The highest BCUT2D eigenvalue weighted by Crippen LogP contribution is 2.25. The van der Waals surface area contributed by atoms with Crippen molar-refractivity contribution >= 4 is 21.6 Å². The molecular formula is C24H34N2O4S. The van der Waals surface area contributed by atoms with Crippen LogP contribution < -0.4 is 14.4 Å². The van der Waals surface area contributed by atoms with Gasteiger partial charge < -0.3 is 10.1 Å². The van der Waals surface area contributed by atoms with Crippen LogP contribution in [-0.4, -0.2) is 34.2 Å². The van der Waals surface area contributed by atoms with Crippen molar-refractivity contribution in [2.75, 3.05) is 24.2 Å². The third-order valence-corrected chi connectivity index (χ3v) is 6.52. The number of hydrogen-bond donors (Lipinski definition) is 1. The number of carbonyl (C=O) groups is 1. The summed E-state index contributed by atoms with van der Waals surface area (Å²) in [4.78, 5) is 12.5. The van der Waals surface area contributed by atoms with Crippen LogP contribution in [0.2, 0.25) is 0 Å². The van der Waals surface area contributed by atoms with Crippen molar-refractivity contribution < 1.29 is 17.9 Å². The Kier molecular flexibility index (Phi) is 9.37. The van der Waals surface area contributed by atoms with Gasteiger partial charge in [-0.15, -0.1) is 0 Å². The molecule has 170 valence electrons. The van der Waals surface area contributed by atoms with Crippen LogP contribution in [0.3, 0.4) is 0 Å². The molecule has 0 unspecified atom stereocenters. The van der Waals surface area contributed by atoms with Crippen molar-refractivity contribution in [2.45, 2.75) is 46.1 Å². The number of anilines is 1. The van der Waals surface area contributed by atoms with Crippen LogP contribution in [0.25, 0.3) is 0 Å². The van der Waals surface area contributed by atoms with Gasteiger partial charge in [0, 0.05) is 18.2 Å². The minimum absolute atomic E-state index is 0.103. The zero-order valence-electron chi connectivity index (χ0n) is 18.9. The summed E-state index contributed by atoms with van der Waals surface area (Å²) in [6.07, 6.45) is 5.68. The quantitative estimate of drug-likeness (QED) is 0.517. The fraction of sp³-hybridized carbons (Fsp3) is 0.458. The van der Waals surface area contributed by atoms with Gasteiger partial charge in [-0.05, 0) is 42.2 Å². The average Bonchev–Trinajstić information content (AvgIpc) is 2.77. The highest BCUT2D eigenvalue weighted by Gasteiger charge is 2.19. The molecule has 0 saturated carbocycles. The van der Waals surface area contributed by atoms with E-state index in [0.717, 1.165) is 24.8 Å². The molecule has 0 spiro atoms. The number of amides is 1. The Balaban J connectivity index is 2.07. The number of hydrogen-bond acceptors (Lipinski definition) is 4. The fourth-order valence-electron chi connectivity index (χ4n) is 3.38. The molecule has 0 radical (unpaired) electrons. The molecule has 0 bridgehead atoms. The standard InChI is InChI=1S/C24H34N2O4S/c1-5-7-9-19(6-2)17-25-24(27)21-14-12-20(13-15-21)18-26(31(4,28)29)22-10-8-11-23(16-22)30-3/h8,10-16,19H,5-7,9,17-18H2,1-4H3,(H,25,27)/t19-/m1/s1. The van der Waals surface area contributed by atoms with E-state index < -0.39 is 10.0 Å². The zero-order valence-corrected chi connectivity index (χ0v) is 19.7. The van der Waals surface area contributed by atoms with E-state index in [1.54, 1.807) is 55.6 Å². The Morgan fingerprint density at radius 3 is 2.42 bits per heavy atom. The summed E-state index contributed by atoms with van der Waals surface area (Å²) in [5.74, 6) is 0.978. The second kappa shape index (κ2) is 11.7. The van der Waals surface area contributed by atoms with Gasteiger partial charge in [0.05, 0.1) is 25.6 Å². The third kappa shape index (κ3) is 7.58. The molecule has 0 saturated heterocycles. The second-order valence-electron chi connectivity index (χ2n) is 7.79. The predicted molar refractivity (Wildman–Crippen MR) is 126 cm³/mol. The molecule has 0 heterocycles. The first-order chi connectivity index (χ1) is 14.8. The number of nitrogens with zero attached hydrogens (tertiary/aromatic N) is 1. The molecule has 1 amide bonds. The minimum Gasteiger partial charge on any atom is -0.497 e. The lowest BCUT2D eigenvalue weighted by atomic mass is 9.99. The largest absolute Gasteiger partial charge is 0.497 e. The summed E-state index contributed by atoms with van der Waals surface area (Å²) in [6.45, 7) is 5.17. The van der Waals surface area contributed by atoms with E-state index in [4.69, 9.17) is 4.74 Å². The Hall–Kier alpha value is -2.54. The molecule has 0 aliphatic carbocycles. The van der Waals surface area contributed by atoms with E-state index >= 15 is 0 Å². The number of sulfonamides is 1. The Morgan fingerprint density at radius 1 is 1.13 bits per heavy atom. The summed E-state index contributed by atoms with van der Waals surface area (Å²) >= 11 is 0. The third-order valence-electron chi connectivity index (χ3n) is 5.38. The van der Waals surface area contributed by atoms with Crippen molar-refractivity contribution in [3.63, 3.8) is 0 Å². The molecule has 31 heavy (non-hydrogen) atoms. The maximum atomic E-state index is 12.5. The minimum atomic E-state index is -3.50. The van der Waals surface area contributed by atoms with Crippen LogP contribution in [0.15, 0.2) is 48.5 Å². The Labute approximate surface area is 186 Å². The molecule has 2 aromatic rings. The van der Waals surface area contributed by atoms with E-state index in [1.165, 1.54) is 17.0 Å². The topological polar surface area (TPSA) is 75.7 Å². The summed E-state index contributed by atoms with van der Waals surface area (Å²) in [6, 6.07) is 14.0. The smallest absolute Gasteiger partial charge is 0.251 e. The van der Waals surface area contributed by atoms with E-state index in [9.17, 15) is 13.2 Å². The van der Waals surface area contributed by atoms with Gasteiger partial charge in [-0.25, -0.2) is 8.42 Å². The van der Waals surface area contributed by atoms with E-state index in [2.05, 4.69) is 19.2 Å². The molecular weight excluding hydrogens is 412 g/mol. The van der Waals surface area contributed by atoms with Crippen molar-refractivity contribution in [1.29, 1.82) is 0 Å². The number of methoxy groups -OCH3 is 1. The monoisotopic (exact) mass is 446 g/mol. The normalized spacial score (nSPS) is 12.3. The first-order valence-corrected chi connectivity index (χ1v) is 12.6. The van der Waals surface area contributed by atoms with E-state index in [1.807, 2.05) is 0 Å². The lowest BCUT2D eigenvalue weighted by molar-refractivity contribution is 0.0946.